The van der Waals surface area contributed by atoms with Gasteiger partial charge in [0.15, 0.2) is 0 Å². The second-order valence-corrected chi connectivity index (χ2v) is 8.17. The number of hydrogen-bond donors (Lipinski definition) is 2. The van der Waals surface area contributed by atoms with Gasteiger partial charge in [-0.3, -0.25) is 0 Å². The maximum absolute atomic E-state index is 12.6. The van der Waals surface area contributed by atoms with Gasteiger partial charge in [-0.1, -0.05) is 72.9 Å². The summed E-state index contributed by atoms with van der Waals surface area (Å²) in [7, 11) is -3.91. The van der Waals surface area contributed by atoms with E-state index in [1.165, 1.54) is 0 Å². The lowest BCUT2D eigenvalue weighted by Crippen LogP contribution is -2.22. The normalized spacial score (nSPS) is 17.5. The van der Waals surface area contributed by atoms with Gasteiger partial charge < -0.3 is 5.11 Å². The molecule has 0 radical (unpaired) electrons. The molecule has 3 nitrogen and oxygen atoms in total. The highest BCUT2D eigenvalue weighted by Crippen LogP contribution is 2.41. The van der Waals surface area contributed by atoms with Crippen molar-refractivity contribution >= 4 is 50.0 Å². The number of benzene rings is 2. The van der Waals surface area contributed by atoms with Crippen LogP contribution in [0.15, 0.2) is 70.7 Å². The van der Waals surface area contributed by atoms with E-state index in [-0.39, 0.29) is 25.3 Å². The number of aliphatic hydroxyl groups is 1. The van der Waals surface area contributed by atoms with Crippen molar-refractivity contribution in [2.24, 2.45) is 0 Å². The molecule has 0 saturated heterocycles. The Bertz CT molecular complexity index is 941. The first-order chi connectivity index (χ1) is 10.9. The van der Waals surface area contributed by atoms with Crippen molar-refractivity contribution in [3.63, 3.8) is 0 Å². The smallest absolute Gasteiger partial charge is 0.224 e. The van der Waals surface area contributed by atoms with Crippen LogP contribution < -0.4 is 0 Å². The standard InChI is InChI=1S/C17H12O3S3/c18-15-13(11-7-3-1-4-8-11)16(21)23(19,20)17(22)14(15)12-9-5-2-6-10-12/h1-10,18,21H. The van der Waals surface area contributed by atoms with Gasteiger partial charge in [-0.25, -0.2) is 8.42 Å². The Morgan fingerprint density at radius 1 is 0.826 bits per heavy atom. The molecule has 0 aromatic heterocycles. The predicted octanol–water partition coefficient (Wildman–Crippen LogP) is 4.01. The molecule has 1 N–H and O–H groups in total. The van der Waals surface area contributed by atoms with Crippen molar-refractivity contribution in [2.75, 3.05) is 0 Å². The minimum Gasteiger partial charge on any atom is -0.507 e. The molecule has 2 aromatic rings. The Kier molecular flexibility index (Phi) is 4.14. The lowest BCUT2D eigenvalue weighted by atomic mass is 9.98. The molecule has 23 heavy (non-hydrogen) atoms. The summed E-state index contributed by atoms with van der Waals surface area (Å²) < 4.78 is 24.7. The monoisotopic (exact) mass is 360 g/mol. The van der Waals surface area contributed by atoms with Crippen LogP contribution in [-0.2, 0) is 9.84 Å². The van der Waals surface area contributed by atoms with E-state index in [1.807, 2.05) is 6.07 Å². The van der Waals surface area contributed by atoms with Crippen LogP contribution in [0.5, 0.6) is 0 Å². The molecule has 1 aliphatic rings. The molecule has 2 aromatic carbocycles. The lowest BCUT2D eigenvalue weighted by molar-refractivity contribution is 0.441. The second-order valence-electron chi connectivity index (χ2n) is 4.93. The van der Waals surface area contributed by atoms with Crippen molar-refractivity contribution in [2.45, 2.75) is 0 Å². The maximum atomic E-state index is 12.6. The number of thiol groups is 1. The minimum atomic E-state index is -3.91. The third-order valence-corrected chi connectivity index (χ3v) is 6.73. The van der Waals surface area contributed by atoms with E-state index in [1.54, 1.807) is 54.6 Å². The molecule has 0 fully saturated rings. The van der Waals surface area contributed by atoms with Crippen molar-refractivity contribution in [1.82, 2.24) is 0 Å². The molecule has 0 bridgehead atoms. The SMILES string of the molecule is O=S1(=O)C(=S)C(c2ccccc2)=C(O)C(c2ccccc2)=C1S. The highest BCUT2D eigenvalue weighted by atomic mass is 32.3. The van der Waals surface area contributed by atoms with Crippen LogP contribution in [0.1, 0.15) is 11.1 Å². The van der Waals surface area contributed by atoms with Crippen molar-refractivity contribution in [3.05, 3.63) is 81.8 Å². The van der Waals surface area contributed by atoms with Gasteiger partial charge in [-0.15, -0.1) is 12.6 Å². The van der Waals surface area contributed by atoms with E-state index >= 15 is 0 Å². The van der Waals surface area contributed by atoms with Gasteiger partial charge in [0.2, 0.25) is 9.84 Å². The molecule has 0 saturated carbocycles. The zero-order chi connectivity index (χ0) is 16.6. The number of aliphatic hydroxyl groups excluding tert-OH is 1. The molecule has 0 atom stereocenters. The summed E-state index contributed by atoms with van der Waals surface area (Å²) in [5.74, 6) is -0.174. The lowest BCUT2D eigenvalue weighted by Gasteiger charge is -2.22. The zero-order valence-corrected chi connectivity index (χ0v) is 14.3. The van der Waals surface area contributed by atoms with E-state index in [9.17, 15) is 13.5 Å². The highest BCUT2D eigenvalue weighted by Gasteiger charge is 2.37. The fraction of sp³-hybridized carbons (Fsp3) is 0. The Hall–Kier alpha value is -1.89. The molecule has 1 aliphatic heterocycles. The van der Waals surface area contributed by atoms with Gasteiger partial charge in [0.25, 0.3) is 0 Å². The van der Waals surface area contributed by atoms with E-state index < -0.39 is 9.84 Å². The second kappa shape index (κ2) is 5.96. The fourth-order valence-electron chi connectivity index (χ4n) is 2.40. The average Bonchev–Trinajstić information content (AvgIpc) is 2.56. The molecule has 6 heteroatoms. The molecular formula is C17H12O3S3. The molecule has 0 spiro atoms. The van der Waals surface area contributed by atoms with Crippen molar-refractivity contribution < 1.29 is 13.5 Å². The molecule has 0 aliphatic carbocycles. The first-order valence-corrected chi connectivity index (χ1v) is 9.05. The number of rotatable bonds is 2. The number of sulfone groups is 1. The third-order valence-electron chi connectivity index (χ3n) is 3.52. The average molecular weight is 360 g/mol. The highest BCUT2D eigenvalue weighted by molar-refractivity contribution is 8.27. The van der Waals surface area contributed by atoms with Gasteiger partial charge in [0.05, 0.1) is 5.57 Å². The fourth-order valence-corrected chi connectivity index (χ4v) is 4.70. The van der Waals surface area contributed by atoms with Gasteiger partial charge in [-0.05, 0) is 11.1 Å². The summed E-state index contributed by atoms with van der Waals surface area (Å²) in [6.45, 7) is 0. The third kappa shape index (κ3) is 2.63. The van der Waals surface area contributed by atoms with Crippen LogP contribution in [0.3, 0.4) is 0 Å². The van der Waals surface area contributed by atoms with Crippen LogP contribution in [0.4, 0.5) is 0 Å². The zero-order valence-electron chi connectivity index (χ0n) is 11.8. The van der Waals surface area contributed by atoms with Gasteiger partial charge in [0, 0.05) is 5.57 Å². The van der Waals surface area contributed by atoms with Crippen molar-refractivity contribution in [3.8, 4) is 0 Å². The maximum Gasteiger partial charge on any atom is 0.224 e. The molecule has 0 unspecified atom stereocenters. The molecule has 0 amide bonds. The summed E-state index contributed by atoms with van der Waals surface area (Å²) in [5, 5.41) is 10.7. The van der Waals surface area contributed by atoms with Crippen LogP contribution in [0.25, 0.3) is 11.1 Å². The summed E-state index contributed by atoms with van der Waals surface area (Å²) in [6.07, 6.45) is 0. The molecule has 1 heterocycles. The Morgan fingerprint density at radius 2 is 1.26 bits per heavy atom. The summed E-state index contributed by atoms with van der Waals surface area (Å²) in [5.41, 5.74) is 1.42. The van der Waals surface area contributed by atoms with Crippen LogP contribution in [-0.4, -0.2) is 17.7 Å². The molecule has 116 valence electrons. The summed E-state index contributed by atoms with van der Waals surface area (Å²) in [6, 6.07) is 17.5. The minimum absolute atomic E-state index is 0.136. The van der Waals surface area contributed by atoms with Gasteiger partial charge in [0.1, 0.15) is 14.2 Å². The first kappa shape index (κ1) is 16.0. The van der Waals surface area contributed by atoms with Crippen LogP contribution >= 0.6 is 24.8 Å². The van der Waals surface area contributed by atoms with E-state index in [0.717, 1.165) is 0 Å². The summed E-state index contributed by atoms with van der Waals surface area (Å²) in [4.78, 5) is 0. The Balaban J connectivity index is 2.36. The largest absolute Gasteiger partial charge is 0.507 e. The van der Waals surface area contributed by atoms with E-state index in [0.29, 0.717) is 11.1 Å². The Morgan fingerprint density at radius 3 is 1.74 bits per heavy atom. The van der Waals surface area contributed by atoms with Gasteiger partial charge in [-0.2, -0.15) is 0 Å². The van der Waals surface area contributed by atoms with Crippen molar-refractivity contribution in [1.29, 1.82) is 0 Å². The predicted molar refractivity (Wildman–Crippen MR) is 99.9 cm³/mol. The van der Waals surface area contributed by atoms with Crippen LogP contribution in [0, 0.1) is 0 Å². The topological polar surface area (TPSA) is 54.4 Å². The number of allylic oxidation sites excluding steroid dienone is 1. The molecular weight excluding hydrogens is 348 g/mol. The number of thiocarbonyl (C=S) groups is 1. The van der Waals surface area contributed by atoms with E-state index in [4.69, 9.17) is 12.2 Å². The summed E-state index contributed by atoms with van der Waals surface area (Å²) >= 11 is 9.24. The molecule has 3 rings (SSSR count). The van der Waals surface area contributed by atoms with Gasteiger partial charge >= 0.3 is 0 Å². The quantitative estimate of drug-likeness (QED) is 0.628. The number of hydrogen-bond acceptors (Lipinski definition) is 5. The Labute approximate surface area is 145 Å². The van der Waals surface area contributed by atoms with Crippen LogP contribution in [0.2, 0.25) is 0 Å². The van der Waals surface area contributed by atoms with E-state index in [2.05, 4.69) is 12.6 Å². The first-order valence-electron chi connectivity index (χ1n) is 6.71.